The van der Waals surface area contributed by atoms with E-state index in [0.29, 0.717) is 0 Å². The van der Waals surface area contributed by atoms with Gasteiger partial charge in [-0.15, -0.1) is 0 Å². The van der Waals surface area contributed by atoms with Gasteiger partial charge >= 0.3 is 0 Å². The van der Waals surface area contributed by atoms with Crippen molar-refractivity contribution in [1.29, 1.82) is 5.26 Å². The van der Waals surface area contributed by atoms with Crippen LogP contribution in [0.5, 0.6) is 0 Å². The van der Waals surface area contributed by atoms with E-state index in [4.69, 9.17) is 0 Å². The van der Waals surface area contributed by atoms with Crippen LogP contribution in [-0.4, -0.2) is 4.98 Å². The number of aromatic nitrogens is 1. The molecule has 0 saturated heterocycles. The molecule has 0 N–H and O–H groups in total. The third-order valence-electron chi connectivity index (χ3n) is 3.88. The van der Waals surface area contributed by atoms with E-state index in [2.05, 4.69) is 23.2 Å². The summed E-state index contributed by atoms with van der Waals surface area (Å²) in [6.45, 7) is 1.99. The molecular formula is C17H16N2. The zero-order chi connectivity index (χ0) is 13.2. The van der Waals surface area contributed by atoms with Gasteiger partial charge in [-0.2, -0.15) is 5.26 Å². The number of fused-ring (bicyclic) bond motifs is 1. The molecule has 3 rings (SSSR count). The van der Waals surface area contributed by atoms with Gasteiger partial charge in [0.25, 0.3) is 0 Å². The van der Waals surface area contributed by atoms with Crippen molar-refractivity contribution in [2.75, 3.05) is 0 Å². The van der Waals surface area contributed by atoms with E-state index in [1.165, 1.54) is 28.7 Å². The summed E-state index contributed by atoms with van der Waals surface area (Å²) < 4.78 is 0. The topological polar surface area (TPSA) is 36.7 Å². The van der Waals surface area contributed by atoms with Crippen LogP contribution in [0.4, 0.5) is 0 Å². The van der Waals surface area contributed by atoms with Crippen molar-refractivity contribution in [1.82, 2.24) is 4.98 Å². The number of rotatable bonds is 2. The van der Waals surface area contributed by atoms with Crippen LogP contribution < -0.4 is 0 Å². The third-order valence-corrected chi connectivity index (χ3v) is 3.88. The average Bonchev–Trinajstić information content (AvgIpc) is 2.90. The molecule has 0 amide bonds. The quantitative estimate of drug-likeness (QED) is 0.817. The minimum atomic E-state index is 0.819. The lowest BCUT2D eigenvalue weighted by Crippen LogP contribution is -2.00. The Labute approximate surface area is 113 Å². The molecule has 0 unspecified atom stereocenters. The zero-order valence-electron chi connectivity index (χ0n) is 11.1. The summed E-state index contributed by atoms with van der Waals surface area (Å²) in [7, 11) is 0. The minimum absolute atomic E-state index is 0.819. The molecule has 2 nitrogen and oxygen atoms in total. The predicted molar refractivity (Wildman–Crippen MR) is 75.0 cm³/mol. The van der Waals surface area contributed by atoms with Crippen molar-refractivity contribution in [3.05, 3.63) is 64.0 Å². The largest absolute Gasteiger partial charge is 0.261 e. The fourth-order valence-electron chi connectivity index (χ4n) is 2.86. The minimum Gasteiger partial charge on any atom is -0.261 e. The second-order valence-corrected chi connectivity index (χ2v) is 5.18. The molecule has 1 heterocycles. The van der Waals surface area contributed by atoms with Crippen molar-refractivity contribution >= 4 is 0 Å². The first kappa shape index (κ1) is 11.9. The summed E-state index contributed by atoms with van der Waals surface area (Å²) in [6, 6.07) is 10.6. The average molecular weight is 248 g/mol. The van der Waals surface area contributed by atoms with Crippen LogP contribution in [0.25, 0.3) is 0 Å². The first-order valence-electron chi connectivity index (χ1n) is 6.73. The summed E-state index contributed by atoms with van der Waals surface area (Å²) in [6.07, 6.45) is 6.22. The van der Waals surface area contributed by atoms with Crippen LogP contribution in [-0.2, 0) is 19.3 Å². The lowest BCUT2D eigenvalue weighted by atomic mass is 9.93. The number of nitrogens with zero attached hydrogens (tertiary/aromatic N) is 2. The standard InChI is InChI=1S/C17H16N2/c1-12-5-6-13(11-19-12)9-17-15(10-18)8-7-14-3-2-4-16(14)17/h5-8,11H,2-4,9H2,1H3. The Kier molecular flexibility index (Phi) is 3.05. The Morgan fingerprint density at radius 3 is 2.84 bits per heavy atom. The normalized spacial score (nSPS) is 13.1. The lowest BCUT2D eigenvalue weighted by Gasteiger charge is -2.11. The third kappa shape index (κ3) is 2.24. The van der Waals surface area contributed by atoms with E-state index < -0.39 is 0 Å². The number of hydrogen-bond donors (Lipinski definition) is 0. The summed E-state index contributed by atoms with van der Waals surface area (Å²) in [5, 5.41) is 9.31. The van der Waals surface area contributed by atoms with Crippen LogP contribution in [0.15, 0.2) is 30.5 Å². The number of nitriles is 1. The van der Waals surface area contributed by atoms with Gasteiger partial charge in [-0.3, -0.25) is 4.98 Å². The van der Waals surface area contributed by atoms with E-state index in [-0.39, 0.29) is 0 Å². The number of aryl methyl sites for hydroxylation is 2. The van der Waals surface area contributed by atoms with Crippen LogP contribution in [0.1, 0.15) is 39.9 Å². The Hall–Kier alpha value is -2.14. The van der Waals surface area contributed by atoms with Gasteiger partial charge in [-0.1, -0.05) is 12.1 Å². The van der Waals surface area contributed by atoms with Crippen LogP contribution in [0.2, 0.25) is 0 Å². The molecule has 19 heavy (non-hydrogen) atoms. The molecule has 94 valence electrons. The van der Waals surface area contributed by atoms with Crippen molar-refractivity contribution in [2.45, 2.75) is 32.6 Å². The fourth-order valence-corrected chi connectivity index (χ4v) is 2.86. The highest BCUT2D eigenvalue weighted by Crippen LogP contribution is 2.29. The fraction of sp³-hybridized carbons (Fsp3) is 0.294. The van der Waals surface area contributed by atoms with Crippen molar-refractivity contribution in [3.8, 4) is 6.07 Å². The maximum absolute atomic E-state index is 9.31. The van der Waals surface area contributed by atoms with Crippen molar-refractivity contribution in [2.24, 2.45) is 0 Å². The van der Waals surface area contributed by atoms with Crippen molar-refractivity contribution < 1.29 is 0 Å². The molecule has 1 aliphatic carbocycles. The highest BCUT2D eigenvalue weighted by Gasteiger charge is 2.17. The first-order valence-corrected chi connectivity index (χ1v) is 6.73. The van der Waals surface area contributed by atoms with Gasteiger partial charge in [0.2, 0.25) is 0 Å². The Bertz CT molecular complexity index is 648. The number of hydrogen-bond acceptors (Lipinski definition) is 2. The molecule has 0 fully saturated rings. The molecule has 1 aliphatic rings. The predicted octanol–water partition coefficient (Wildman–Crippen LogP) is 3.34. The monoisotopic (exact) mass is 248 g/mol. The Balaban J connectivity index is 2.02. The van der Waals surface area contributed by atoms with E-state index in [0.717, 1.165) is 30.5 Å². The van der Waals surface area contributed by atoms with Crippen LogP contribution in [0.3, 0.4) is 0 Å². The van der Waals surface area contributed by atoms with Crippen LogP contribution >= 0.6 is 0 Å². The maximum atomic E-state index is 9.31. The highest BCUT2D eigenvalue weighted by atomic mass is 14.7. The smallest absolute Gasteiger partial charge is 0.0994 e. The summed E-state index contributed by atoms with van der Waals surface area (Å²) in [5.41, 5.74) is 7.07. The maximum Gasteiger partial charge on any atom is 0.0994 e. The lowest BCUT2D eigenvalue weighted by molar-refractivity contribution is 0.906. The molecule has 1 aromatic carbocycles. The first-order chi connectivity index (χ1) is 9.28. The molecule has 0 bridgehead atoms. The van der Waals surface area contributed by atoms with E-state index in [9.17, 15) is 5.26 Å². The Morgan fingerprint density at radius 2 is 2.11 bits per heavy atom. The van der Waals surface area contributed by atoms with E-state index in [1.807, 2.05) is 25.3 Å². The Morgan fingerprint density at radius 1 is 1.21 bits per heavy atom. The summed E-state index contributed by atoms with van der Waals surface area (Å²) >= 11 is 0. The molecule has 1 aromatic heterocycles. The molecule has 2 aromatic rings. The molecule has 0 saturated carbocycles. The van der Waals surface area contributed by atoms with Gasteiger partial charge < -0.3 is 0 Å². The molecule has 0 atom stereocenters. The zero-order valence-corrected chi connectivity index (χ0v) is 11.1. The molecule has 2 heteroatoms. The van der Waals surface area contributed by atoms with E-state index >= 15 is 0 Å². The molecule has 0 aliphatic heterocycles. The highest BCUT2D eigenvalue weighted by molar-refractivity contribution is 5.50. The molecular weight excluding hydrogens is 232 g/mol. The second-order valence-electron chi connectivity index (χ2n) is 5.18. The second kappa shape index (κ2) is 4.85. The number of benzene rings is 1. The van der Waals surface area contributed by atoms with Gasteiger partial charge in [-0.05, 0) is 60.6 Å². The number of pyridine rings is 1. The summed E-state index contributed by atoms with van der Waals surface area (Å²) in [4.78, 5) is 4.34. The van der Waals surface area contributed by atoms with Gasteiger partial charge in [0.1, 0.15) is 0 Å². The molecule has 0 radical (unpaired) electrons. The molecule has 0 spiro atoms. The summed E-state index contributed by atoms with van der Waals surface area (Å²) in [5.74, 6) is 0. The van der Waals surface area contributed by atoms with Crippen LogP contribution in [0, 0.1) is 18.3 Å². The van der Waals surface area contributed by atoms with E-state index in [1.54, 1.807) is 0 Å². The van der Waals surface area contributed by atoms with Crippen molar-refractivity contribution in [3.63, 3.8) is 0 Å². The van der Waals surface area contributed by atoms with Gasteiger partial charge in [0.15, 0.2) is 0 Å². The van der Waals surface area contributed by atoms with Gasteiger partial charge in [0.05, 0.1) is 11.6 Å². The van der Waals surface area contributed by atoms with Gasteiger partial charge in [-0.25, -0.2) is 0 Å². The van der Waals surface area contributed by atoms with Gasteiger partial charge in [0, 0.05) is 18.3 Å². The SMILES string of the molecule is Cc1ccc(Cc2c(C#N)ccc3c2CCC3)cn1.